The minimum absolute atomic E-state index is 0.0259. The van der Waals surface area contributed by atoms with Crippen molar-refractivity contribution in [3.8, 4) is 11.1 Å². The summed E-state index contributed by atoms with van der Waals surface area (Å²) >= 11 is 0.195. The molecule has 0 radical (unpaired) electrons. The van der Waals surface area contributed by atoms with E-state index >= 15 is 4.39 Å². The molecule has 1 aliphatic carbocycles. The van der Waals surface area contributed by atoms with Gasteiger partial charge in [0.25, 0.3) is 12.2 Å². The van der Waals surface area contributed by atoms with Crippen LogP contribution in [0, 0.1) is 17.0 Å². The topological polar surface area (TPSA) is 44.4 Å². The Labute approximate surface area is 197 Å². The second-order valence-electron chi connectivity index (χ2n) is 8.61. The van der Waals surface area contributed by atoms with E-state index in [0.717, 1.165) is 12.1 Å². The van der Waals surface area contributed by atoms with Crippen LogP contribution in [0.5, 0.6) is 0 Å². The van der Waals surface area contributed by atoms with E-state index in [-0.39, 0.29) is 36.0 Å². The Morgan fingerprint density at radius 1 is 1.12 bits per heavy atom. The van der Waals surface area contributed by atoms with Gasteiger partial charge in [0, 0.05) is 23.6 Å². The van der Waals surface area contributed by atoms with E-state index in [0.29, 0.717) is 18.4 Å². The molecule has 1 spiro atoms. The second kappa shape index (κ2) is 10.1. The first kappa shape index (κ1) is 24.7. The fraction of sp³-hybridized carbons (Fsp3) is 0.435. The summed E-state index contributed by atoms with van der Waals surface area (Å²) in [5.74, 6) is -4.10. The normalized spacial score (nSPS) is 21.0. The molecule has 2 N–H and O–H groups in total. The summed E-state index contributed by atoms with van der Waals surface area (Å²) in [5.41, 5.74) is -0.0434. The number of rotatable bonds is 8. The van der Waals surface area contributed by atoms with Gasteiger partial charge in [-0.15, -0.1) is 0 Å². The van der Waals surface area contributed by atoms with Crippen LogP contribution in [-0.2, 0) is 6.42 Å². The predicted molar refractivity (Wildman–Crippen MR) is 118 cm³/mol. The fourth-order valence-electron chi connectivity index (χ4n) is 4.66. The zero-order chi connectivity index (χ0) is 24.5. The van der Waals surface area contributed by atoms with E-state index in [1.54, 1.807) is 30.3 Å². The van der Waals surface area contributed by atoms with Crippen molar-refractivity contribution >= 4 is 18.0 Å². The summed E-state index contributed by atoms with van der Waals surface area (Å²) in [4.78, 5) is 14.0. The summed E-state index contributed by atoms with van der Waals surface area (Å²) < 4.78 is 83.9. The number of nitrogens with one attached hydrogen (secondary N) is 2. The monoisotopic (exact) mass is 503 g/mol. The zero-order valence-electron chi connectivity index (χ0n) is 17.9. The number of halogens is 6. The number of carbonyl (C=O) groups excluding carboxylic acids is 1. The third-order valence-corrected chi connectivity index (χ3v) is 6.97. The van der Waals surface area contributed by atoms with Crippen LogP contribution in [0.15, 0.2) is 42.5 Å². The van der Waals surface area contributed by atoms with Gasteiger partial charge in [-0.3, -0.25) is 4.72 Å². The van der Waals surface area contributed by atoms with E-state index in [4.69, 9.17) is 0 Å². The van der Waals surface area contributed by atoms with E-state index in [9.17, 15) is 26.7 Å². The molecule has 0 bridgehead atoms. The fourth-order valence-corrected chi connectivity index (χ4v) is 5.32. The van der Waals surface area contributed by atoms with Crippen LogP contribution in [0.25, 0.3) is 11.1 Å². The van der Waals surface area contributed by atoms with Gasteiger partial charge < -0.3 is 10.2 Å². The molecule has 184 valence electrons. The maximum atomic E-state index is 15.5. The first-order chi connectivity index (χ1) is 16.2. The van der Waals surface area contributed by atoms with Gasteiger partial charge in [0.15, 0.2) is 0 Å². The van der Waals surface area contributed by atoms with Crippen LogP contribution in [0.2, 0.25) is 0 Å². The highest BCUT2D eigenvalue weighted by Gasteiger charge is 2.60. The lowest BCUT2D eigenvalue weighted by Gasteiger charge is -2.29. The van der Waals surface area contributed by atoms with Crippen LogP contribution in [0.3, 0.4) is 0 Å². The standard InChI is InChI=1S/C23H23F6N3OS/c24-15-8-14(19(27)16(10-15)13-4-2-1-3-5-13)9-17-20(31-34-21(28)29)23(6-7-23)12-32(17)22(33)30-11-18(25)26/h1-5,8,10,17-18,20-21,31H,6-7,9,11-12H2,(H,30,33). The van der Waals surface area contributed by atoms with Crippen molar-refractivity contribution in [2.45, 2.75) is 43.5 Å². The molecule has 1 heterocycles. The molecular formula is C23H23F6N3OS. The molecule has 34 heavy (non-hydrogen) atoms. The highest BCUT2D eigenvalue weighted by Crippen LogP contribution is 2.56. The number of benzene rings is 2. The smallest absolute Gasteiger partial charge is 0.317 e. The van der Waals surface area contributed by atoms with Crippen molar-refractivity contribution in [2.75, 3.05) is 13.1 Å². The van der Waals surface area contributed by atoms with Crippen molar-refractivity contribution in [3.05, 3.63) is 59.7 Å². The average Bonchev–Trinajstić information content (AvgIpc) is 3.51. The van der Waals surface area contributed by atoms with Gasteiger partial charge in [0.1, 0.15) is 11.6 Å². The number of hydrogen-bond donors (Lipinski definition) is 2. The summed E-state index contributed by atoms with van der Waals surface area (Å²) in [6.45, 7) is -0.720. The Hall–Kier alpha value is -2.40. The lowest BCUT2D eigenvalue weighted by molar-refractivity contribution is 0.137. The molecule has 4 rings (SSSR count). The summed E-state index contributed by atoms with van der Waals surface area (Å²) in [7, 11) is 0. The minimum atomic E-state index is -2.77. The van der Waals surface area contributed by atoms with Crippen LogP contribution >= 0.6 is 11.9 Å². The molecule has 2 aromatic carbocycles. The van der Waals surface area contributed by atoms with Gasteiger partial charge in [-0.25, -0.2) is 22.4 Å². The van der Waals surface area contributed by atoms with E-state index < -0.39 is 53.9 Å². The molecule has 1 saturated carbocycles. The summed E-state index contributed by atoms with van der Waals surface area (Å²) in [6, 6.07) is 8.18. The quantitative estimate of drug-likeness (QED) is 0.373. The molecule has 1 saturated heterocycles. The molecule has 0 aromatic heterocycles. The minimum Gasteiger partial charge on any atom is -0.332 e. The largest absolute Gasteiger partial charge is 0.332 e. The molecule has 2 unspecified atom stereocenters. The van der Waals surface area contributed by atoms with Crippen LogP contribution < -0.4 is 10.0 Å². The predicted octanol–water partition coefficient (Wildman–Crippen LogP) is 5.44. The molecule has 4 nitrogen and oxygen atoms in total. The van der Waals surface area contributed by atoms with Gasteiger partial charge in [-0.2, -0.15) is 8.78 Å². The Morgan fingerprint density at radius 3 is 2.44 bits per heavy atom. The Morgan fingerprint density at radius 2 is 1.82 bits per heavy atom. The summed E-state index contributed by atoms with van der Waals surface area (Å²) in [6.07, 6.45) is -1.65. The molecular weight excluding hydrogens is 480 g/mol. The van der Waals surface area contributed by atoms with Gasteiger partial charge in [0.05, 0.1) is 12.6 Å². The Bertz CT molecular complexity index is 1020. The number of urea groups is 1. The van der Waals surface area contributed by atoms with Crippen LogP contribution in [-0.4, -0.2) is 48.3 Å². The van der Waals surface area contributed by atoms with Gasteiger partial charge in [0.2, 0.25) is 0 Å². The molecule has 2 amide bonds. The first-order valence-corrected chi connectivity index (χ1v) is 11.6. The number of carbonyl (C=O) groups is 1. The first-order valence-electron chi connectivity index (χ1n) is 10.8. The number of hydrogen-bond acceptors (Lipinski definition) is 3. The maximum absolute atomic E-state index is 15.5. The van der Waals surface area contributed by atoms with Crippen molar-refractivity contribution in [2.24, 2.45) is 5.41 Å². The van der Waals surface area contributed by atoms with Gasteiger partial charge in [-0.05, 0) is 54.5 Å². The van der Waals surface area contributed by atoms with Crippen molar-refractivity contribution in [1.29, 1.82) is 0 Å². The average molecular weight is 504 g/mol. The maximum Gasteiger partial charge on any atom is 0.317 e. The number of alkyl halides is 4. The highest BCUT2D eigenvalue weighted by molar-refractivity contribution is 7.97. The lowest BCUT2D eigenvalue weighted by Crippen LogP contribution is -2.49. The summed E-state index contributed by atoms with van der Waals surface area (Å²) in [5, 5.41) is 2.14. The van der Waals surface area contributed by atoms with Crippen molar-refractivity contribution < 1.29 is 31.1 Å². The van der Waals surface area contributed by atoms with Gasteiger partial charge >= 0.3 is 6.03 Å². The number of nitrogens with zero attached hydrogens (tertiary/aromatic N) is 1. The van der Waals surface area contributed by atoms with E-state index in [1.807, 2.05) is 0 Å². The van der Waals surface area contributed by atoms with E-state index in [2.05, 4.69) is 10.0 Å². The molecule has 11 heteroatoms. The SMILES string of the molecule is O=C(NCC(F)F)N1CC2(CC2)C(NSC(F)F)C1Cc1cc(F)cc(-c2ccccc2)c1F. The molecule has 2 aliphatic rings. The second-order valence-corrected chi connectivity index (χ2v) is 9.43. The molecule has 2 atom stereocenters. The zero-order valence-corrected chi connectivity index (χ0v) is 18.7. The van der Waals surface area contributed by atoms with E-state index in [1.165, 1.54) is 4.90 Å². The molecule has 2 fully saturated rings. The molecule has 2 aromatic rings. The lowest BCUT2D eigenvalue weighted by atomic mass is 9.91. The Balaban J connectivity index is 1.67. The third kappa shape index (κ3) is 5.30. The number of amides is 2. The number of likely N-dealkylation sites (tertiary alicyclic amines) is 1. The third-order valence-electron chi connectivity index (χ3n) is 6.40. The van der Waals surface area contributed by atoms with Gasteiger partial charge in [-0.1, -0.05) is 30.3 Å². The Kier molecular flexibility index (Phi) is 7.32. The van der Waals surface area contributed by atoms with Crippen LogP contribution in [0.1, 0.15) is 18.4 Å². The molecule has 1 aliphatic heterocycles. The highest BCUT2D eigenvalue weighted by atomic mass is 32.2. The van der Waals surface area contributed by atoms with Crippen LogP contribution in [0.4, 0.5) is 31.1 Å². The van der Waals surface area contributed by atoms with Crippen molar-refractivity contribution in [3.63, 3.8) is 0 Å². The van der Waals surface area contributed by atoms with Crippen molar-refractivity contribution in [1.82, 2.24) is 14.9 Å².